The van der Waals surface area contributed by atoms with Gasteiger partial charge in [0.25, 0.3) is 5.92 Å². The van der Waals surface area contributed by atoms with E-state index in [4.69, 9.17) is 5.11 Å². The Morgan fingerprint density at radius 2 is 2.04 bits per heavy atom. The lowest BCUT2D eigenvalue weighted by Gasteiger charge is -2.20. The van der Waals surface area contributed by atoms with Crippen molar-refractivity contribution in [2.24, 2.45) is 0 Å². The smallest absolute Gasteiger partial charge is 0.315 e. The van der Waals surface area contributed by atoms with Crippen LogP contribution in [0, 0.1) is 5.82 Å². The lowest BCUT2D eigenvalue weighted by molar-refractivity contribution is -0.0454. The summed E-state index contributed by atoms with van der Waals surface area (Å²) < 4.78 is 39.4. The second-order valence-corrected chi connectivity index (χ2v) is 5.08. The van der Waals surface area contributed by atoms with E-state index in [2.05, 4.69) is 10.3 Å². The number of hydrogen-bond acceptors (Lipinski definition) is 3. The Balaban J connectivity index is 2.17. The predicted octanol–water partition coefficient (Wildman–Crippen LogP) is 2.24. The van der Waals surface area contributed by atoms with E-state index < -0.39 is 37.0 Å². The number of aliphatic hydroxyl groups excluding tert-OH is 1. The Bertz CT molecular complexity index is 683. The summed E-state index contributed by atoms with van der Waals surface area (Å²) in [5.74, 6) is -3.92. The molecule has 1 unspecified atom stereocenters. The molecule has 128 valence electrons. The van der Waals surface area contributed by atoms with Gasteiger partial charge in [0.15, 0.2) is 0 Å². The maximum absolute atomic E-state index is 13.5. The van der Waals surface area contributed by atoms with Crippen LogP contribution in [0.5, 0.6) is 0 Å². The third-order valence-electron chi connectivity index (χ3n) is 3.18. The van der Waals surface area contributed by atoms with Crippen molar-refractivity contribution < 1.29 is 23.1 Å². The van der Waals surface area contributed by atoms with E-state index >= 15 is 0 Å². The van der Waals surface area contributed by atoms with Crippen LogP contribution in [0.3, 0.4) is 0 Å². The van der Waals surface area contributed by atoms with E-state index in [-0.39, 0.29) is 0 Å². The standard InChI is InChI=1S/C16H16F3N3O2/c17-12-5-3-4-11(8-12)14(13-6-1-2-7-20-13)22-15(24)21-9-16(18,19)10-23/h1-8,14,23H,9-10H2,(H2,21,22,24). The second-order valence-electron chi connectivity index (χ2n) is 5.08. The fourth-order valence-electron chi connectivity index (χ4n) is 2.01. The van der Waals surface area contributed by atoms with Gasteiger partial charge in [0.2, 0.25) is 0 Å². The maximum atomic E-state index is 13.5. The predicted molar refractivity (Wildman–Crippen MR) is 81.0 cm³/mol. The van der Waals surface area contributed by atoms with Crippen LogP contribution in [0.4, 0.5) is 18.0 Å². The number of benzene rings is 1. The summed E-state index contributed by atoms with van der Waals surface area (Å²) in [4.78, 5) is 16.0. The van der Waals surface area contributed by atoms with Gasteiger partial charge in [0.05, 0.1) is 18.3 Å². The van der Waals surface area contributed by atoms with Gasteiger partial charge in [-0.15, -0.1) is 0 Å². The largest absolute Gasteiger partial charge is 0.390 e. The molecule has 0 saturated heterocycles. The van der Waals surface area contributed by atoms with E-state index in [1.54, 1.807) is 24.3 Å². The Kier molecular flexibility index (Phi) is 5.75. The van der Waals surface area contributed by atoms with Crippen molar-refractivity contribution in [3.63, 3.8) is 0 Å². The SMILES string of the molecule is O=C(NCC(F)(F)CO)NC(c1cccc(F)c1)c1ccccn1. The molecule has 8 heteroatoms. The maximum Gasteiger partial charge on any atom is 0.315 e. The molecule has 3 N–H and O–H groups in total. The van der Waals surface area contributed by atoms with Crippen molar-refractivity contribution in [1.82, 2.24) is 15.6 Å². The summed E-state index contributed by atoms with van der Waals surface area (Å²) in [5.41, 5.74) is 0.838. The average Bonchev–Trinajstić information content (AvgIpc) is 2.59. The summed E-state index contributed by atoms with van der Waals surface area (Å²) in [7, 11) is 0. The van der Waals surface area contributed by atoms with Crippen LogP contribution in [0.15, 0.2) is 48.7 Å². The highest BCUT2D eigenvalue weighted by Gasteiger charge is 2.29. The van der Waals surface area contributed by atoms with E-state index in [1.807, 2.05) is 5.32 Å². The summed E-state index contributed by atoms with van der Waals surface area (Å²) >= 11 is 0. The first kappa shape index (κ1) is 17.7. The van der Waals surface area contributed by atoms with E-state index in [0.29, 0.717) is 11.3 Å². The number of aliphatic hydroxyl groups is 1. The van der Waals surface area contributed by atoms with Crippen molar-refractivity contribution >= 4 is 6.03 Å². The number of halogens is 3. The summed E-state index contributed by atoms with van der Waals surface area (Å²) in [6.07, 6.45) is 1.50. The van der Waals surface area contributed by atoms with Gasteiger partial charge in [0.1, 0.15) is 12.4 Å². The Labute approximate surface area is 136 Å². The number of urea groups is 1. The second kappa shape index (κ2) is 7.78. The zero-order chi connectivity index (χ0) is 17.6. The zero-order valence-electron chi connectivity index (χ0n) is 12.5. The van der Waals surface area contributed by atoms with E-state index in [0.717, 1.165) is 0 Å². The molecule has 0 aliphatic heterocycles. The minimum absolute atomic E-state index is 0.415. The van der Waals surface area contributed by atoms with E-state index in [1.165, 1.54) is 24.4 Å². The van der Waals surface area contributed by atoms with Gasteiger partial charge in [-0.3, -0.25) is 4.98 Å². The highest BCUT2D eigenvalue weighted by atomic mass is 19.3. The molecule has 24 heavy (non-hydrogen) atoms. The molecule has 5 nitrogen and oxygen atoms in total. The van der Waals surface area contributed by atoms with Crippen LogP contribution in [-0.4, -0.2) is 35.2 Å². The number of hydrogen-bond donors (Lipinski definition) is 3. The fourth-order valence-corrected chi connectivity index (χ4v) is 2.01. The number of nitrogens with zero attached hydrogens (tertiary/aromatic N) is 1. The van der Waals surface area contributed by atoms with Crippen LogP contribution in [-0.2, 0) is 0 Å². The summed E-state index contributed by atoms with van der Waals surface area (Å²) in [6.45, 7) is -2.39. The number of nitrogens with one attached hydrogen (secondary N) is 2. The number of aromatic nitrogens is 1. The van der Waals surface area contributed by atoms with Gasteiger partial charge in [-0.2, -0.15) is 0 Å². The van der Waals surface area contributed by atoms with Crippen LogP contribution >= 0.6 is 0 Å². The average molecular weight is 339 g/mol. The molecule has 1 heterocycles. The normalized spacial score (nSPS) is 12.5. The van der Waals surface area contributed by atoms with Crippen LogP contribution in [0.1, 0.15) is 17.3 Å². The molecule has 0 spiro atoms. The van der Waals surface area contributed by atoms with Crippen LogP contribution in [0.2, 0.25) is 0 Å². The fraction of sp³-hybridized carbons (Fsp3) is 0.250. The van der Waals surface area contributed by atoms with Crippen molar-refractivity contribution in [2.45, 2.75) is 12.0 Å². The molecular formula is C16H16F3N3O2. The molecule has 2 aromatic rings. The first-order valence-corrected chi connectivity index (χ1v) is 7.11. The van der Waals surface area contributed by atoms with Crippen LogP contribution in [0.25, 0.3) is 0 Å². The highest BCUT2D eigenvalue weighted by molar-refractivity contribution is 5.75. The first-order chi connectivity index (χ1) is 11.4. The number of alkyl halides is 2. The topological polar surface area (TPSA) is 74.2 Å². The molecule has 1 aromatic carbocycles. The number of rotatable bonds is 6. The lowest BCUT2D eigenvalue weighted by Crippen LogP contribution is -2.45. The molecule has 0 saturated carbocycles. The minimum Gasteiger partial charge on any atom is -0.390 e. The molecule has 2 amide bonds. The molecule has 1 aromatic heterocycles. The minimum atomic E-state index is -3.42. The molecule has 0 aliphatic rings. The highest BCUT2D eigenvalue weighted by Crippen LogP contribution is 2.21. The number of amides is 2. The van der Waals surface area contributed by atoms with Crippen molar-refractivity contribution in [1.29, 1.82) is 0 Å². The number of carbonyl (C=O) groups excluding carboxylic acids is 1. The van der Waals surface area contributed by atoms with Crippen molar-refractivity contribution in [3.8, 4) is 0 Å². The van der Waals surface area contributed by atoms with Crippen molar-refractivity contribution in [3.05, 3.63) is 65.7 Å². The molecule has 1 atom stereocenters. The number of carbonyl (C=O) groups is 1. The number of pyridine rings is 1. The van der Waals surface area contributed by atoms with Gasteiger partial charge < -0.3 is 15.7 Å². The Morgan fingerprint density at radius 1 is 1.25 bits per heavy atom. The molecular weight excluding hydrogens is 323 g/mol. The molecule has 0 aliphatic carbocycles. The molecule has 0 radical (unpaired) electrons. The Hall–Kier alpha value is -2.61. The van der Waals surface area contributed by atoms with Crippen molar-refractivity contribution in [2.75, 3.05) is 13.2 Å². The summed E-state index contributed by atoms with van der Waals surface area (Å²) in [6, 6.07) is 8.82. The van der Waals surface area contributed by atoms with Gasteiger partial charge in [-0.1, -0.05) is 18.2 Å². The molecule has 2 rings (SSSR count). The van der Waals surface area contributed by atoms with Gasteiger partial charge in [-0.25, -0.2) is 18.0 Å². The molecule has 0 fully saturated rings. The third kappa shape index (κ3) is 4.95. The summed E-state index contributed by atoms with van der Waals surface area (Å²) in [5, 5.41) is 13.0. The van der Waals surface area contributed by atoms with Gasteiger partial charge in [0, 0.05) is 6.20 Å². The van der Waals surface area contributed by atoms with Crippen LogP contribution < -0.4 is 10.6 Å². The lowest BCUT2D eigenvalue weighted by atomic mass is 10.0. The monoisotopic (exact) mass is 339 g/mol. The molecule has 0 bridgehead atoms. The van der Waals surface area contributed by atoms with E-state index in [9.17, 15) is 18.0 Å². The third-order valence-corrected chi connectivity index (χ3v) is 3.18. The Morgan fingerprint density at radius 3 is 2.67 bits per heavy atom. The van der Waals surface area contributed by atoms with Gasteiger partial charge >= 0.3 is 6.03 Å². The zero-order valence-corrected chi connectivity index (χ0v) is 12.5. The van der Waals surface area contributed by atoms with Gasteiger partial charge in [-0.05, 0) is 29.8 Å². The quantitative estimate of drug-likeness (QED) is 0.756. The first-order valence-electron chi connectivity index (χ1n) is 7.11.